The van der Waals surface area contributed by atoms with Gasteiger partial charge in [-0.05, 0) is 52.5 Å². The Balaban J connectivity index is 1.23. The maximum atomic E-state index is 14.3. The van der Waals surface area contributed by atoms with Crippen LogP contribution in [0.4, 0.5) is 11.6 Å². The molecule has 8 rings (SSSR count). The second-order valence-electron chi connectivity index (χ2n) is 15.9. The molecule has 0 N–H and O–H groups in total. The summed E-state index contributed by atoms with van der Waals surface area (Å²) < 4.78 is 36.5. The molecule has 11 nitrogen and oxygen atoms in total. The third-order valence-electron chi connectivity index (χ3n) is 11.3. The highest BCUT2D eigenvalue weighted by Crippen LogP contribution is 2.46. The number of rotatable bonds is 7. The van der Waals surface area contributed by atoms with Crippen molar-refractivity contribution in [3.05, 3.63) is 69.7 Å². The lowest BCUT2D eigenvalue weighted by Crippen LogP contribution is -2.50. The highest BCUT2D eigenvalue weighted by Gasteiger charge is 2.42. The van der Waals surface area contributed by atoms with Gasteiger partial charge >= 0.3 is 0 Å². The number of ether oxygens (including phenoxy) is 1. The maximum absolute atomic E-state index is 14.3. The van der Waals surface area contributed by atoms with Gasteiger partial charge in [0.25, 0.3) is 10.0 Å². The molecule has 4 aliphatic rings. The van der Waals surface area contributed by atoms with Gasteiger partial charge in [0.15, 0.2) is 5.82 Å². The van der Waals surface area contributed by atoms with Gasteiger partial charge in [0.1, 0.15) is 21.4 Å². The van der Waals surface area contributed by atoms with E-state index in [4.69, 9.17) is 31.4 Å². The highest BCUT2D eigenvalue weighted by molar-refractivity contribution is 7.91. The molecule has 5 heterocycles. The van der Waals surface area contributed by atoms with Crippen LogP contribution in [0.2, 0.25) is 5.02 Å². The molecule has 4 aromatic rings. The van der Waals surface area contributed by atoms with E-state index in [0.29, 0.717) is 42.0 Å². The van der Waals surface area contributed by atoms with Crippen molar-refractivity contribution < 1.29 is 13.2 Å². The van der Waals surface area contributed by atoms with Crippen molar-refractivity contribution in [1.82, 2.24) is 28.9 Å². The largest absolute Gasteiger partial charge is 0.381 e. The molecule has 3 aromatic heterocycles. The third kappa shape index (κ3) is 5.68. The summed E-state index contributed by atoms with van der Waals surface area (Å²) in [5.74, 6) is 2.87. The van der Waals surface area contributed by atoms with Crippen LogP contribution in [0.15, 0.2) is 47.7 Å². The van der Waals surface area contributed by atoms with Gasteiger partial charge in [-0.3, -0.25) is 4.68 Å². The van der Waals surface area contributed by atoms with Gasteiger partial charge in [-0.1, -0.05) is 60.9 Å². The van der Waals surface area contributed by atoms with Crippen molar-refractivity contribution in [2.45, 2.75) is 90.0 Å². The quantitative estimate of drug-likeness (QED) is 0.203. The second-order valence-corrected chi connectivity index (χ2v) is 18.5. The van der Waals surface area contributed by atoms with Crippen molar-refractivity contribution in [2.75, 3.05) is 36.5 Å². The summed E-state index contributed by atoms with van der Waals surface area (Å²) >= 11 is 7.01. The van der Waals surface area contributed by atoms with Gasteiger partial charge < -0.3 is 14.5 Å². The average molecular weight is 731 g/mol. The van der Waals surface area contributed by atoms with Gasteiger partial charge in [-0.25, -0.2) is 18.4 Å². The van der Waals surface area contributed by atoms with Gasteiger partial charge in [0.05, 0.1) is 29.2 Å². The molecule has 1 aromatic carbocycles. The van der Waals surface area contributed by atoms with Crippen molar-refractivity contribution in [1.29, 1.82) is 0 Å². The molecule has 2 aliphatic carbocycles. The fourth-order valence-corrected chi connectivity index (χ4v) is 10.9. The summed E-state index contributed by atoms with van der Waals surface area (Å²) in [6, 6.07) is 5.66. The van der Waals surface area contributed by atoms with Gasteiger partial charge in [0.2, 0.25) is 0 Å². The lowest BCUT2D eigenvalue weighted by Gasteiger charge is -2.45. The first-order chi connectivity index (χ1) is 24.2. The number of aryl methyl sites for hydroxylation is 1. The number of hydrogen-bond donors (Lipinski definition) is 0. The molecule has 1 saturated heterocycles. The molecule has 51 heavy (non-hydrogen) atoms. The highest BCUT2D eigenvalue weighted by atomic mass is 35.5. The van der Waals surface area contributed by atoms with E-state index in [1.807, 2.05) is 55.9 Å². The summed E-state index contributed by atoms with van der Waals surface area (Å²) in [6.45, 7) is 13.1. The molecule has 270 valence electrons. The molecule has 0 spiro atoms. The predicted molar refractivity (Wildman–Crippen MR) is 202 cm³/mol. The summed E-state index contributed by atoms with van der Waals surface area (Å²) in [5.41, 5.74) is 6.21. The first-order valence-corrected chi connectivity index (χ1v) is 19.8. The van der Waals surface area contributed by atoms with Gasteiger partial charge in [-0.2, -0.15) is 14.3 Å². The van der Waals surface area contributed by atoms with Crippen molar-refractivity contribution >= 4 is 44.2 Å². The first-order valence-electron chi connectivity index (χ1n) is 17.9. The van der Waals surface area contributed by atoms with Crippen LogP contribution < -0.4 is 9.80 Å². The number of methoxy groups -OCH3 is 1. The lowest BCUT2D eigenvalue weighted by molar-refractivity contribution is -0.00647. The number of fused-ring (bicyclic) bond motifs is 2. The predicted octanol–water partition coefficient (Wildman–Crippen LogP) is 6.80. The van der Waals surface area contributed by atoms with Crippen molar-refractivity contribution in [3.8, 4) is 11.4 Å². The standard InChI is InChI=1S/C38H47ClN8O3S/c1-23-17-24(2)19-38(5,18-23)51(48,49)47-30-10-8-9-26(27(30)20-40-47)34-41-29-13-15-45(36-32(39)33(25-11-12-25)43-44(36)6)21-28(29)35(42-34)46-16-14-31(50-7)37(3,4)22-46/h8-10,17-18,20,25,31H,11-16,19,21-22H2,1-7H3/t31-,38?/m1/s1. The Kier molecular flexibility index (Phi) is 8.19. The molecule has 2 fully saturated rings. The number of benzene rings is 1. The minimum absolute atomic E-state index is 0.102. The van der Waals surface area contributed by atoms with E-state index in [0.717, 1.165) is 89.2 Å². The van der Waals surface area contributed by atoms with Crippen LogP contribution in [0.3, 0.4) is 0 Å². The Morgan fingerprint density at radius 2 is 1.82 bits per heavy atom. The summed E-state index contributed by atoms with van der Waals surface area (Å²) in [6.07, 6.45) is 9.93. The molecule has 1 saturated carbocycles. The van der Waals surface area contributed by atoms with Crippen LogP contribution in [0, 0.1) is 5.41 Å². The second kappa shape index (κ2) is 12.2. The van der Waals surface area contributed by atoms with E-state index in [-0.39, 0.29) is 11.5 Å². The molecule has 1 unspecified atom stereocenters. The van der Waals surface area contributed by atoms with Crippen molar-refractivity contribution in [2.24, 2.45) is 12.5 Å². The number of halogens is 1. The smallest absolute Gasteiger partial charge is 0.263 e. The van der Waals surface area contributed by atoms with Crippen LogP contribution in [-0.2, 0) is 34.8 Å². The van der Waals surface area contributed by atoms with Crippen LogP contribution in [0.5, 0.6) is 0 Å². The molecule has 0 bridgehead atoms. The molecular formula is C38H47ClN8O3S. The Morgan fingerprint density at radius 3 is 2.53 bits per heavy atom. The van der Waals surface area contributed by atoms with E-state index in [9.17, 15) is 8.42 Å². The third-order valence-corrected chi connectivity index (χ3v) is 13.8. The lowest BCUT2D eigenvalue weighted by atomic mass is 9.81. The van der Waals surface area contributed by atoms with Crippen LogP contribution in [-0.4, -0.2) is 74.9 Å². The monoisotopic (exact) mass is 730 g/mol. The number of hydrogen-bond acceptors (Lipinski definition) is 9. The SMILES string of the molecule is CO[C@@H]1CCN(c2nc(-c3cccc4c3cnn4S(=O)(=O)C3(C)C=C(C)C=C(C)C3)nc3c2CN(c2c(Cl)c(C4CC4)nn2C)CC3)CC1(C)C. The number of aromatic nitrogens is 6. The number of nitrogens with zero attached hydrogens (tertiary/aromatic N) is 8. The average Bonchev–Trinajstić information content (AvgIpc) is 3.74. The molecule has 0 radical (unpaired) electrons. The maximum Gasteiger partial charge on any atom is 0.263 e. The summed E-state index contributed by atoms with van der Waals surface area (Å²) in [4.78, 5) is 15.3. The Labute approximate surface area is 305 Å². The minimum atomic E-state index is -3.91. The molecular weight excluding hydrogens is 684 g/mol. The van der Waals surface area contributed by atoms with Crippen LogP contribution in [0.25, 0.3) is 22.3 Å². The number of piperidine rings is 1. The zero-order valence-corrected chi connectivity index (χ0v) is 32.1. The number of anilines is 2. The first kappa shape index (κ1) is 34.4. The summed E-state index contributed by atoms with van der Waals surface area (Å²) in [5, 5.41) is 10.8. The Morgan fingerprint density at radius 1 is 1.04 bits per heavy atom. The van der Waals surface area contributed by atoms with E-state index in [1.165, 1.54) is 4.09 Å². The van der Waals surface area contributed by atoms with E-state index in [1.54, 1.807) is 20.2 Å². The zero-order chi connectivity index (χ0) is 36.0. The van der Waals surface area contributed by atoms with Crippen LogP contribution in [0.1, 0.15) is 83.2 Å². The summed E-state index contributed by atoms with van der Waals surface area (Å²) in [7, 11) is -0.132. The van der Waals surface area contributed by atoms with E-state index in [2.05, 4.69) is 28.7 Å². The molecule has 0 amide bonds. The van der Waals surface area contributed by atoms with Gasteiger partial charge in [-0.15, -0.1) is 0 Å². The molecule has 2 aliphatic heterocycles. The molecule has 13 heteroatoms. The minimum Gasteiger partial charge on any atom is -0.381 e. The number of allylic oxidation sites excluding steroid dienone is 3. The zero-order valence-electron chi connectivity index (χ0n) is 30.6. The normalized spacial score (nSPS) is 23.7. The van der Waals surface area contributed by atoms with Crippen molar-refractivity contribution in [3.63, 3.8) is 0 Å². The fraction of sp³-hybridized carbons (Fsp3) is 0.526. The van der Waals surface area contributed by atoms with Crippen LogP contribution >= 0.6 is 11.6 Å². The van der Waals surface area contributed by atoms with E-state index >= 15 is 0 Å². The topological polar surface area (TPSA) is 111 Å². The Bertz CT molecular complexity index is 2230. The van der Waals surface area contributed by atoms with E-state index < -0.39 is 14.8 Å². The fourth-order valence-electron chi connectivity index (χ4n) is 8.73. The molecule has 2 atom stereocenters. The Hall–Kier alpha value is -3.74. The van der Waals surface area contributed by atoms with Gasteiger partial charge in [0, 0.05) is 74.6 Å².